The second kappa shape index (κ2) is 4.73. The third-order valence-electron chi connectivity index (χ3n) is 3.30. The number of aryl methyl sites for hydroxylation is 1. The molecule has 0 spiro atoms. The minimum atomic E-state index is 0.424. The fourth-order valence-corrected chi connectivity index (χ4v) is 2.29. The first-order chi connectivity index (χ1) is 7.65. The van der Waals surface area contributed by atoms with Crippen molar-refractivity contribution in [3.05, 3.63) is 17.9 Å². The van der Waals surface area contributed by atoms with E-state index in [1.807, 2.05) is 19.1 Å². The van der Waals surface area contributed by atoms with E-state index in [4.69, 9.17) is 4.42 Å². The summed E-state index contributed by atoms with van der Waals surface area (Å²) in [6, 6.07) is 3.99. The van der Waals surface area contributed by atoms with Crippen LogP contribution in [0, 0.1) is 12.8 Å². The number of ketones is 1. The van der Waals surface area contributed by atoms with Crippen LogP contribution in [0.5, 0.6) is 0 Å². The SMILES string of the molecule is Cc1ccc(N(C)CC2CCC(=O)CC2)o1. The van der Waals surface area contributed by atoms with Crippen LogP contribution in [-0.4, -0.2) is 19.4 Å². The van der Waals surface area contributed by atoms with Gasteiger partial charge < -0.3 is 9.32 Å². The lowest BCUT2D eigenvalue weighted by atomic mass is 9.88. The summed E-state index contributed by atoms with van der Waals surface area (Å²) >= 11 is 0. The van der Waals surface area contributed by atoms with E-state index in [0.29, 0.717) is 11.7 Å². The highest BCUT2D eigenvalue weighted by molar-refractivity contribution is 5.79. The van der Waals surface area contributed by atoms with Crippen LogP contribution >= 0.6 is 0 Å². The predicted molar refractivity (Wildman–Crippen MR) is 63.7 cm³/mol. The molecule has 1 aromatic heterocycles. The lowest BCUT2D eigenvalue weighted by Gasteiger charge is -2.26. The molecular formula is C13H19NO2. The van der Waals surface area contributed by atoms with Gasteiger partial charge in [0.1, 0.15) is 11.5 Å². The minimum absolute atomic E-state index is 0.424. The highest BCUT2D eigenvalue weighted by Crippen LogP contribution is 2.25. The van der Waals surface area contributed by atoms with Crippen LogP contribution in [0.15, 0.2) is 16.5 Å². The van der Waals surface area contributed by atoms with Gasteiger partial charge in [-0.25, -0.2) is 0 Å². The summed E-state index contributed by atoms with van der Waals surface area (Å²) in [4.78, 5) is 13.3. The Morgan fingerprint density at radius 3 is 2.62 bits per heavy atom. The molecule has 0 radical (unpaired) electrons. The molecule has 1 saturated carbocycles. The second-order valence-electron chi connectivity index (χ2n) is 4.75. The van der Waals surface area contributed by atoms with E-state index < -0.39 is 0 Å². The molecule has 1 fully saturated rings. The zero-order valence-corrected chi connectivity index (χ0v) is 10.0. The maximum atomic E-state index is 11.1. The van der Waals surface area contributed by atoms with Gasteiger partial charge in [0.2, 0.25) is 0 Å². The number of nitrogens with zero attached hydrogens (tertiary/aromatic N) is 1. The van der Waals surface area contributed by atoms with Crippen LogP contribution in [0.25, 0.3) is 0 Å². The Morgan fingerprint density at radius 2 is 2.06 bits per heavy atom. The van der Waals surface area contributed by atoms with Gasteiger partial charge in [-0.05, 0) is 31.7 Å². The Kier molecular flexibility index (Phi) is 3.32. The van der Waals surface area contributed by atoms with Crippen molar-refractivity contribution in [3.8, 4) is 0 Å². The molecule has 0 bridgehead atoms. The molecule has 0 aromatic carbocycles. The summed E-state index contributed by atoms with van der Waals surface area (Å²) in [7, 11) is 2.05. The number of anilines is 1. The van der Waals surface area contributed by atoms with E-state index in [2.05, 4.69) is 11.9 Å². The number of hydrogen-bond acceptors (Lipinski definition) is 3. The molecule has 3 heteroatoms. The Hall–Kier alpha value is -1.25. The van der Waals surface area contributed by atoms with Gasteiger partial charge in [-0.15, -0.1) is 0 Å². The molecule has 0 amide bonds. The Balaban J connectivity index is 1.87. The monoisotopic (exact) mass is 221 g/mol. The topological polar surface area (TPSA) is 33.5 Å². The summed E-state index contributed by atoms with van der Waals surface area (Å²) in [5.41, 5.74) is 0. The number of Topliss-reactive ketones (excluding diaryl/α,β-unsaturated/α-hetero) is 1. The normalized spacial score (nSPS) is 17.8. The molecule has 1 aliphatic carbocycles. The molecule has 0 saturated heterocycles. The molecule has 88 valence electrons. The standard InChI is InChI=1S/C13H19NO2/c1-10-3-8-13(16-10)14(2)9-11-4-6-12(15)7-5-11/h3,8,11H,4-7,9H2,1-2H3. The first kappa shape index (κ1) is 11.2. The summed E-state index contributed by atoms with van der Waals surface area (Å²) in [6.45, 7) is 2.94. The van der Waals surface area contributed by atoms with Crippen molar-refractivity contribution >= 4 is 11.7 Å². The summed E-state index contributed by atoms with van der Waals surface area (Å²) in [5, 5.41) is 0. The van der Waals surface area contributed by atoms with Gasteiger partial charge in [-0.2, -0.15) is 0 Å². The van der Waals surface area contributed by atoms with Gasteiger partial charge in [0, 0.05) is 32.5 Å². The van der Waals surface area contributed by atoms with Gasteiger partial charge in [-0.1, -0.05) is 0 Å². The molecule has 0 atom stereocenters. The Bertz CT molecular complexity index is 360. The average Bonchev–Trinajstić information content (AvgIpc) is 2.68. The molecule has 2 rings (SSSR count). The third-order valence-corrected chi connectivity index (χ3v) is 3.30. The Morgan fingerprint density at radius 1 is 1.38 bits per heavy atom. The summed E-state index contributed by atoms with van der Waals surface area (Å²) in [6.07, 6.45) is 3.58. The summed E-state index contributed by atoms with van der Waals surface area (Å²) in [5.74, 6) is 2.93. The minimum Gasteiger partial charge on any atom is -0.446 e. The zero-order chi connectivity index (χ0) is 11.5. The van der Waals surface area contributed by atoms with Crippen LogP contribution < -0.4 is 4.90 Å². The Labute approximate surface area is 96.4 Å². The van der Waals surface area contributed by atoms with Crippen molar-refractivity contribution in [1.82, 2.24) is 0 Å². The van der Waals surface area contributed by atoms with Crippen molar-refractivity contribution in [1.29, 1.82) is 0 Å². The van der Waals surface area contributed by atoms with E-state index in [1.165, 1.54) is 0 Å². The fraction of sp³-hybridized carbons (Fsp3) is 0.615. The molecule has 1 aliphatic rings. The highest BCUT2D eigenvalue weighted by atomic mass is 16.4. The van der Waals surface area contributed by atoms with Crippen molar-refractivity contribution in [2.45, 2.75) is 32.6 Å². The number of rotatable bonds is 3. The van der Waals surface area contributed by atoms with E-state index in [0.717, 1.165) is 43.9 Å². The highest BCUT2D eigenvalue weighted by Gasteiger charge is 2.20. The van der Waals surface area contributed by atoms with Gasteiger partial charge in [-0.3, -0.25) is 4.79 Å². The molecule has 0 aliphatic heterocycles. The van der Waals surface area contributed by atoms with Crippen LogP contribution in [-0.2, 0) is 4.79 Å². The van der Waals surface area contributed by atoms with Gasteiger partial charge in [0.25, 0.3) is 0 Å². The van der Waals surface area contributed by atoms with Crippen molar-refractivity contribution in [2.24, 2.45) is 5.92 Å². The van der Waals surface area contributed by atoms with Gasteiger partial charge in [0.15, 0.2) is 5.88 Å². The van der Waals surface area contributed by atoms with Crippen molar-refractivity contribution < 1.29 is 9.21 Å². The van der Waals surface area contributed by atoms with E-state index in [9.17, 15) is 4.79 Å². The smallest absolute Gasteiger partial charge is 0.195 e. The van der Waals surface area contributed by atoms with Crippen LogP contribution in [0.3, 0.4) is 0 Å². The lowest BCUT2D eigenvalue weighted by molar-refractivity contribution is -0.120. The number of carbonyl (C=O) groups is 1. The molecule has 16 heavy (non-hydrogen) atoms. The van der Waals surface area contributed by atoms with Gasteiger partial charge >= 0.3 is 0 Å². The molecule has 3 nitrogen and oxygen atoms in total. The number of carbonyl (C=O) groups excluding carboxylic acids is 1. The summed E-state index contributed by atoms with van der Waals surface area (Å²) < 4.78 is 5.57. The van der Waals surface area contributed by atoms with Crippen LogP contribution in [0.2, 0.25) is 0 Å². The van der Waals surface area contributed by atoms with E-state index in [-0.39, 0.29) is 0 Å². The molecule has 0 unspecified atom stereocenters. The quantitative estimate of drug-likeness (QED) is 0.787. The van der Waals surface area contributed by atoms with Gasteiger partial charge in [0.05, 0.1) is 0 Å². The number of hydrogen-bond donors (Lipinski definition) is 0. The molecule has 1 heterocycles. The molecular weight excluding hydrogens is 202 g/mol. The average molecular weight is 221 g/mol. The third kappa shape index (κ3) is 2.65. The first-order valence-electron chi connectivity index (χ1n) is 5.94. The predicted octanol–water partition coefficient (Wildman–Crippen LogP) is 2.78. The lowest BCUT2D eigenvalue weighted by Crippen LogP contribution is -2.28. The number of furan rings is 1. The maximum absolute atomic E-state index is 11.1. The van der Waals surface area contributed by atoms with Crippen LogP contribution in [0.4, 0.5) is 5.88 Å². The van der Waals surface area contributed by atoms with Crippen molar-refractivity contribution in [3.63, 3.8) is 0 Å². The zero-order valence-electron chi connectivity index (χ0n) is 10.0. The van der Waals surface area contributed by atoms with Crippen LogP contribution in [0.1, 0.15) is 31.4 Å². The van der Waals surface area contributed by atoms with E-state index >= 15 is 0 Å². The molecule has 0 N–H and O–H groups in total. The fourth-order valence-electron chi connectivity index (χ4n) is 2.29. The molecule has 1 aromatic rings. The first-order valence-corrected chi connectivity index (χ1v) is 5.94. The largest absolute Gasteiger partial charge is 0.446 e. The van der Waals surface area contributed by atoms with E-state index in [1.54, 1.807) is 0 Å². The van der Waals surface area contributed by atoms with Crippen molar-refractivity contribution in [2.75, 3.05) is 18.5 Å². The maximum Gasteiger partial charge on any atom is 0.195 e. The second-order valence-corrected chi connectivity index (χ2v) is 4.75.